The summed E-state index contributed by atoms with van der Waals surface area (Å²) in [5, 5.41) is 0.686. The highest BCUT2D eigenvalue weighted by Gasteiger charge is 2.19. The van der Waals surface area contributed by atoms with Gasteiger partial charge in [0.15, 0.2) is 6.61 Å². The first-order valence-corrected chi connectivity index (χ1v) is 13.3. The Morgan fingerprint density at radius 3 is 2.41 bits per heavy atom. The van der Waals surface area contributed by atoms with E-state index in [1.807, 2.05) is 74.5 Å². The summed E-state index contributed by atoms with van der Waals surface area (Å²) < 4.78 is 7.60. The van der Waals surface area contributed by atoms with E-state index in [0.29, 0.717) is 36.7 Å². The molecule has 1 aromatic heterocycles. The lowest BCUT2D eigenvalue weighted by atomic mass is 10.0. The molecular weight excluding hydrogens is 486 g/mol. The molecule has 0 fully saturated rings. The number of aromatic nitrogens is 2. The minimum atomic E-state index is -0.509. The summed E-state index contributed by atoms with van der Waals surface area (Å²) in [7, 11) is 0. The Morgan fingerprint density at radius 1 is 1.03 bits per heavy atom. The summed E-state index contributed by atoms with van der Waals surface area (Å²) in [6.45, 7) is 7.35. The lowest BCUT2D eigenvalue weighted by molar-refractivity contribution is -0.148. The van der Waals surface area contributed by atoms with Gasteiger partial charge in [0.25, 0.3) is 5.91 Å². The van der Waals surface area contributed by atoms with Crippen molar-refractivity contribution in [2.45, 2.75) is 53.0 Å². The van der Waals surface area contributed by atoms with E-state index < -0.39 is 5.97 Å². The second-order valence-corrected chi connectivity index (χ2v) is 9.26. The number of rotatable bonds is 13. The van der Waals surface area contributed by atoms with E-state index in [1.165, 1.54) is 0 Å². The Hall–Kier alpha value is -3.38. The summed E-state index contributed by atoms with van der Waals surface area (Å²) in [4.78, 5) is 32.0. The molecule has 0 atom stereocenters. The first-order chi connectivity index (χ1) is 18.0. The molecule has 3 aromatic rings. The molecule has 7 heteroatoms. The number of carbonyl (C=O) groups excluding carboxylic acids is 2. The maximum atomic E-state index is 13.2. The van der Waals surface area contributed by atoms with Crippen molar-refractivity contribution in [3.05, 3.63) is 94.0 Å². The number of hydrogen-bond acceptors (Lipinski definition) is 4. The van der Waals surface area contributed by atoms with E-state index >= 15 is 0 Å². The van der Waals surface area contributed by atoms with Gasteiger partial charge in [0.2, 0.25) is 0 Å². The topological polar surface area (TPSA) is 64.4 Å². The third-order valence-corrected chi connectivity index (χ3v) is 6.64. The molecule has 0 unspecified atom stereocenters. The number of benzene rings is 2. The van der Waals surface area contributed by atoms with Gasteiger partial charge in [-0.25, -0.2) is 9.78 Å². The minimum absolute atomic E-state index is 0.206. The van der Waals surface area contributed by atoms with Gasteiger partial charge in [-0.05, 0) is 43.5 Å². The Labute approximate surface area is 224 Å². The van der Waals surface area contributed by atoms with E-state index in [1.54, 1.807) is 11.1 Å². The zero-order valence-corrected chi connectivity index (χ0v) is 22.7. The van der Waals surface area contributed by atoms with Gasteiger partial charge in [-0.2, -0.15) is 0 Å². The average Bonchev–Trinajstić information content (AvgIpc) is 3.28. The van der Waals surface area contributed by atoms with Crippen LogP contribution in [0, 0.1) is 0 Å². The molecule has 0 saturated heterocycles. The molecule has 0 spiro atoms. The molecule has 0 aliphatic carbocycles. The summed E-state index contributed by atoms with van der Waals surface area (Å²) in [5.74, 6) is 0.227. The fourth-order valence-electron chi connectivity index (χ4n) is 4.12. The largest absolute Gasteiger partial charge is 0.452 e. The molecule has 1 heterocycles. The highest BCUT2D eigenvalue weighted by Crippen LogP contribution is 2.22. The molecule has 37 heavy (non-hydrogen) atoms. The summed E-state index contributed by atoms with van der Waals surface area (Å²) in [5.41, 5.74) is 3.21. The molecule has 196 valence electrons. The van der Waals surface area contributed by atoms with Crippen molar-refractivity contribution in [2.24, 2.45) is 0 Å². The van der Waals surface area contributed by atoms with Crippen LogP contribution in [0.2, 0.25) is 5.02 Å². The van der Waals surface area contributed by atoms with Crippen LogP contribution in [0.5, 0.6) is 0 Å². The molecule has 0 bridgehead atoms. The molecule has 1 amide bonds. The van der Waals surface area contributed by atoms with Crippen LogP contribution in [0.4, 0.5) is 0 Å². The molecule has 0 radical (unpaired) electrons. The first-order valence-electron chi connectivity index (χ1n) is 12.9. The fourth-order valence-corrected chi connectivity index (χ4v) is 4.32. The van der Waals surface area contributed by atoms with Gasteiger partial charge in [-0.15, -0.1) is 0 Å². The monoisotopic (exact) mass is 521 g/mol. The number of likely N-dealkylation sites (N-methyl/N-ethyl adjacent to an activating group) is 1. The zero-order valence-electron chi connectivity index (χ0n) is 22.0. The minimum Gasteiger partial charge on any atom is -0.452 e. The number of unbranched alkanes of at least 4 members (excludes halogenated alkanes) is 1. The van der Waals surface area contributed by atoms with Crippen LogP contribution >= 0.6 is 11.6 Å². The van der Waals surface area contributed by atoms with Crippen LogP contribution in [-0.4, -0.2) is 46.0 Å². The second-order valence-electron chi connectivity index (χ2n) is 8.85. The Bertz CT molecular complexity index is 1200. The molecule has 0 N–H and O–H groups in total. The van der Waals surface area contributed by atoms with Crippen LogP contribution in [0.25, 0.3) is 6.08 Å². The maximum Gasteiger partial charge on any atom is 0.334 e. The number of ether oxygens (including phenoxy) is 1. The van der Waals surface area contributed by atoms with Crippen LogP contribution in [0.3, 0.4) is 0 Å². The van der Waals surface area contributed by atoms with E-state index in [4.69, 9.17) is 16.3 Å². The highest BCUT2D eigenvalue weighted by atomic mass is 35.5. The third kappa shape index (κ3) is 8.05. The second kappa shape index (κ2) is 14.4. The molecule has 6 nitrogen and oxygen atoms in total. The number of nitrogens with zero attached hydrogens (tertiary/aromatic N) is 3. The number of imidazole rings is 1. The van der Waals surface area contributed by atoms with Crippen molar-refractivity contribution >= 4 is 29.6 Å². The van der Waals surface area contributed by atoms with Crippen molar-refractivity contribution < 1.29 is 14.3 Å². The van der Waals surface area contributed by atoms with Crippen LogP contribution in [0.1, 0.15) is 56.3 Å². The maximum absolute atomic E-state index is 13.2. The van der Waals surface area contributed by atoms with Gasteiger partial charge in [0.1, 0.15) is 5.82 Å². The molecule has 0 aliphatic heterocycles. The molecule has 2 aromatic carbocycles. The Balaban J connectivity index is 1.95. The van der Waals surface area contributed by atoms with Gasteiger partial charge < -0.3 is 14.2 Å². The van der Waals surface area contributed by atoms with E-state index in [0.717, 1.165) is 41.9 Å². The van der Waals surface area contributed by atoms with Crippen LogP contribution < -0.4 is 0 Å². The molecule has 3 rings (SSSR count). The first kappa shape index (κ1) is 28.2. The Kier molecular flexibility index (Phi) is 11.0. The third-order valence-electron chi connectivity index (χ3n) is 6.27. The number of hydrogen-bond donors (Lipinski definition) is 0. The number of carbonyl (C=O) groups is 2. The number of halogens is 1. The SMILES string of the molecule is CCCCc1ncc(/C=C(\Cc2ccccc2)C(=O)OCC(=O)N(CC)CC)n1Cc1ccccc1Cl. The zero-order chi connectivity index (χ0) is 26.6. The van der Waals surface area contributed by atoms with Crippen molar-refractivity contribution in [3.63, 3.8) is 0 Å². The van der Waals surface area contributed by atoms with Crippen molar-refractivity contribution in [1.29, 1.82) is 0 Å². The number of esters is 1. The smallest absolute Gasteiger partial charge is 0.334 e. The Morgan fingerprint density at radius 2 is 1.73 bits per heavy atom. The molecular formula is C30H36ClN3O3. The van der Waals surface area contributed by atoms with E-state index in [-0.39, 0.29) is 12.5 Å². The van der Waals surface area contributed by atoms with Gasteiger partial charge >= 0.3 is 5.97 Å². The lowest BCUT2D eigenvalue weighted by Crippen LogP contribution is -2.34. The van der Waals surface area contributed by atoms with E-state index in [2.05, 4.69) is 16.5 Å². The fraction of sp³-hybridized carbons (Fsp3) is 0.367. The van der Waals surface area contributed by atoms with Crippen LogP contribution in [0.15, 0.2) is 66.4 Å². The standard InChI is InChI=1S/C30H36ClN3O3/c1-4-7-17-28-32-20-26(34(28)21-24-15-11-12-16-27(24)31)19-25(18-23-13-9-8-10-14-23)30(36)37-22-29(35)33(5-2)6-3/h8-16,19-20H,4-7,17-18,21-22H2,1-3H3/b25-19+. The van der Waals surface area contributed by atoms with E-state index in [9.17, 15) is 9.59 Å². The number of aryl methyl sites for hydroxylation is 1. The number of amides is 1. The normalized spacial score (nSPS) is 11.4. The quantitative estimate of drug-likeness (QED) is 0.205. The molecule has 0 saturated carbocycles. The van der Waals surface area contributed by atoms with Crippen molar-refractivity contribution in [1.82, 2.24) is 14.5 Å². The predicted octanol–water partition coefficient (Wildman–Crippen LogP) is 5.97. The summed E-state index contributed by atoms with van der Waals surface area (Å²) >= 11 is 6.47. The van der Waals surface area contributed by atoms with Crippen molar-refractivity contribution in [3.8, 4) is 0 Å². The highest BCUT2D eigenvalue weighted by molar-refractivity contribution is 6.31. The van der Waals surface area contributed by atoms with Crippen molar-refractivity contribution in [2.75, 3.05) is 19.7 Å². The summed E-state index contributed by atoms with van der Waals surface area (Å²) in [6, 6.07) is 17.5. The average molecular weight is 522 g/mol. The van der Waals surface area contributed by atoms with Gasteiger partial charge in [-0.3, -0.25) is 4.79 Å². The molecule has 0 aliphatic rings. The van der Waals surface area contributed by atoms with Gasteiger partial charge in [0, 0.05) is 36.5 Å². The van der Waals surface area contributed by atoms with Gasteiger partial charge in [-0.1, -0.05) is 73.5 Å². The van der Waals surface area contributed by atoms with Crippen LogP contribution in [-0.2, 0) is 33.7 Å². The summed E-state index contributed by atoms with van der Waals surface area (Å²) in [6.07, 6.45) is 6.88. The lowest BCUT2D eigenvalue weighted by Gasteiger charge is -2.18. The predicted molar refractivity (Wildman–Crippen MR) is 148 cm³/mol. The van der Waals surface area contributed by atoms with Gasteiger partial charge in [0.05, 0.1) is 18.4 Å².